The Hall–Kier alpha value is -1.72. The number of carboxylic acids is 1. The van der Waals surface area contributed by atoms with Crippen LogP contribution in [-0.4, -0.2) is 27.5 Å². The van der Waals surface area contributed by atoms with Crippen LogP contribution in [0.2, 0.25) is 0 Å². The van der Waals surface area contributed by atoms with Crippen molar-refractivity contribution in [1.29, 1.82) is 0 Å². The summed E-state index contributed by atoms with van der Waals surface area (Å²) >= 11 is 1.64. The number of nitrogens with zero attached hydrogens (tertiary/aromatic N) is 2. The molecule has 94 valence electrons. The maximum absolute atomic E-state index is 10.9. The minimum Gasteiger partial charge on any atom is -0.480 e. The van der Waals surface area contributed by atoms with E-state index in [1.54, 1.807) is 23.7 Å². The Labute approximate surface area is 110 Å². The Morgan fingerprint density at radius 2 is 2.22 bits per heavy atom. The first-order valence-corrected chi connectivity index (χ1v) is 6.47. The van der Waals surface area contributed by atoms with E-state index in [9.17, 15) is 4.79 Å². The van der Waals surface area contributed by atoms with E-state index >= 15 is 0 Å². The molecule has 2 rings (SSSR count). The van der Waals surface area contributed by atoms with Gasteiger partial charge in [0.05, 0.1) is 6.54 Å². The lowest BCUT2D eigenvalue weighted by atomic mass is 10.2. The monoisotopic (exact) mass is 262 g/mol. The van der Waals surface area contributed by atoms with Gasteiger partial charge in [-0.2, -0.15) is 0 Å². The average molecular weight is 262 g/mol. The van der Waals surface area contributed by atoms with Crippen LogP contribution in [0.4, 0.5) is 0 Å². The van der Waals surface area contributed by atoms with Crippen molar-refractivity contribution in [2.75, 3.05) is 6.54 Å². The normalized spacial score (nSPS) is 10.7. The molecule has 1 N–H and O–H groups in total. The number of aliphatic carboxylic acids is 1. The number of rotatable bonds is 6. The zero-order valence-electron chi connectivity index (χ0n) is 9.82. The summed E-state index contributed by atoms with van der Waals surface area (Å²) in [6.07, 6.45) is 3.48. The van der Waals surface area contributed by atoms with Gasteiger partial charge in [-0.3, -0.25) is 14.7 Å². The van der Waals surface area contributed by atoms with Gasteiger partial charge in [0.2, 0.25) is 0 Å². The average Bonchev–Trinajstić information content (AvgIpc) is 2.82. The zero-order chi connectivity index (χ0) is 12.8. The number of hydrogen-bond acceptors (Lipinski definition) is 4. The first kappa shape index (κ1) is 12.7. The third-order valence-corrected chi connectivity index (χ3v) is 3.31. The second-order valence-electron chi connectivity index (χ2n) is 3.98. The molecule has 2 aromatic heterocycles. The Morgan fingerprint density at radius 3 is 2.83 bits per heavy atom. The predicted molar refractivity (Wildman–Crippen MR) is 70.3 cm³/mol. The second-order valence-corrected chi connectivity index (χ2v) is 5.01. The zero-order valence-corrected chi connectivity index (χ0v) is 10.6. The van der Waals surface area contributed by atoms with Crippen molar-refractivity contribution in [2.45, 2.75) is 13.1 Å². The Balaban J connectivity index is 2.03. The van der Waals surface area contributed by atoms with Crippen LogP contribution in [0.15, 0.2) is 42.0 Å². The SMILES string of the molecule is O=C(O)CN(Cc1cccnc1)Cc1cccs1. The van der Waals surface area contributed by atoms with Crippen LogP contribution in [0.5, 0.6) is 0 Å². The van der Waals surface area contributed by atoms with E-state index in [-0.39, 0.29) is 6.54 Å². The lowest BCUT2D eigenvalue weighted by Crippen LogP contribution is -2.28. The molecular weight excluding hydrogens is 248 g/mol. The molecule has 2 aromatic rings. The molecule has 0 aromatic carbocycles. The Morgan fingerprint density at radius 1 is 1.33 bits per heavy atom. The van der Waals surface area contributed by atoms with Crippen LogP contribution < -0.4 is 0 Å². The van der Waals surface area contributed by atoms with Gasteiger partial charge in [0.1, 0.15) is 0 Å². The van der Waals surface area contributed by atoms with Gasteiger partial charge in [0.25, 0.3) is 0 Å². The molecule has 0 spiro atoms. The lowest BCUT2D eigenvalue weighted by molar-refractivity contribution is -0.138. The van der Waals surface area contributed by atoms with E-state index in [0.29, 0.717) is 13.1 Å². The maximum Gasteiger partial charge on any atom is 0.317 e. The molecule has 0 aliphatic rings. The van der Waals surface area contributed by atoms with E-state index in [0.717, 1.165) is 5.56 Å². The molecule has 0 fully saturated rings. The topological polar surface area (TPSA) is 53.4 Å². The smallest absolute Gasteiger partial charge is 0.317 e. The molecule has 5 heteroatoms. The molecule has 2 heterocycles. The highest BCUT2D eigenvalue weighted by atomic mass is 32.1. The van der Waals surface area contributed by atoms with Gasteiger partial charge in [-0.1, -0.05) is 12.1 Å². The molecule has 0 atom stereocenters. The Kier molecular flexibility index (Phi) is 4.44. The van der Waals surface area contributed by atoms with Crippen LogP contribution in [-0.2, 0) is 17.9 Å². The summed E-state index contributed by atoms with van der Waals surface area (Å²) in [6, 6.07) is 7.81. The van der Waals surface area contributed by atoms with E-state index in [1.165, 1.54) is 4.88 Å². The number of carbonyl (C=O) groups is 1. The quantitative estimate of drug-likeness (QED) is 0.867. The third kappa shape index (κ3) is 3.94. The number of pyridine rings is 1. The van der Waals surface area contributed by atoms with Crippen LogP contribution >= 0.6 is 11.3 Å². The van der Waals surface area contributed by atoms with E-state index in [2.05, 4.69) is 4.98 Å². The van der Waals surface area contributed by atoms with Crippen molar-refractivity contribution in [2.24, 2.45) is 0 Å². The molecule has 0 aliphatic carbocycles. The molecule has 0 radical (unpaired) electrons. The summed E-state index contributed by atoms with van der Waals surface area (Å²) in [5.41, 5.74) is 1.02. The van der Waals surface area contributed by atoms with Crippen LogP contribution in [0.1, 0.15) is 10.4 Å². The van der Waals surface area contributed by atoms with Crippen molar-refractivity contribution in [3.8, 4) is 0 Å². The number of hydrogen-bond donors (Lipinski definition) is 1. The highest BCUT2D eigenvalue weighted by molar-refractivity contribution is 7.09. The van der Waals surface area contributed by atoms with Crippen molar-refractivity contribution >= 4 is 17.3 Å². The molecule has 18 heavy (non-hydrogen) atoms. The predicted octanol–water partition coefficient (Wildman–Crippen LogP) is 2.23. The van der Waals surface area contributed by atoms with Crippen molar-refractivity contribution in [3.63, 3.8) is 0 Å². The molecule has 0 amide bonds. The summed E-state index contributed by atoms with van der Waals surface area (Å²) in [6.45, 7) is 1.28. The van der Waals surface area contributed by atoms with Gasteiger partial charge in [-0.15, -0.1) is 11.3 Å². The fraction of sp³-hybridized carbons (Fsp3) is 0.231. The van der Waals surface area contributed by atoms with Crippen molar-refractivity contribution in [1.82, 2.24) is 9.88 Å². The first-order valence-electron chi connectivity index (χ1n) is 5.59. The molecular formula is C13H14N2O2S. The van der Waals surface area contributed by atoms with Crippen LogP contribution in [0.3, 0.4) is 0 Å². The maximum atomic E-state index is 10.9. The third-order valence-electron chi connectivity index (χ3n) is 2.45. The standard InChI is InChI=1S/C13H14N2O2S/c16-13(17)10-15(9-12-4-2-6-18-12)8-11-3-1-5-14-7-11/h1-7H,8-10H2,(H,16,17). The molecule has 0 saturated carbocycles. The summed E-state index contributed by atoms with van der Waals surface area (Å²) in [5.74, 6) is -0.810. The number of thiophene rings is 1. The van der Waals surface area contributed by atoms with E-state index in [1.807, 2.05) is 34.5 Å². The molecule has 0 bridgehead atoms. The van der Waals surface area contributed by atoms with Gasteiger partial charge in [-0.05, 0) is 23.1 Å². The largest absolute Gasteiger partial charge is 0.480 e. The van der Waals surface area contributed by atoms with E-state index in [4.69, 9.17) is 5.11 Å². The molecule has 0 saturated heterocycles. The summed E-state index contributed by atoms with van der Waals surface area (Å²) < 4.78 is 0. The second kappa shape index (κ2) is 6.28. The first-order chi connectivity index (χ1) is 8.74. The molecule has 0 unspecified atom stereocenters. The van der Waals surface area contributed by atoms with Crippen molar-refractivity contribution in [3.05, 3.63) is 52.5 Å². The Bertz CT molecular complexity index is 485. The fourth-order valence-electron chi connectivity index (χ4n) is 1.73. The highest BCUT2D eigenvalue weighted by Crippen LogP contribution is 2.13. The van der Waals surface area contributed by atoms with Crippen LogP contribution in [0.25, 0.3) is 0 Å². The number of carboxylic acid groups (broad SMARTS) is 1. The van der Waals surface area contributed by atoms with E-state index < -0.39 is 5.97 Å². The van der Waals surface area contributed by atoms with Gasteiger partial charge in [-0.25, -0.2) is 0 Å². The van der Waals surface area contributed by atoms with Gasteiger partial charge in [0, 0.05) is 30.4 Å². The summed E-state index contributed by atoms with van der Waals surface area (Å²) in [4.78, 5) is 18.0. The minimum atomic E-state index is -0.810. The molecule has 0 aliphatic heterocycles. The van der Waals surface area contributed by atoms with Gasteiger partial charge in [0.15, 0.2) is 0 Å². The highest BCUT2D eigenvalue weighted by Gasteiger charge is 2.11. The van der Waals surface area contributed by atoms with Crippen molar-refractivity contribution < 1.29 is 9.90 Å². The number of aromatic nitrogens is 1. The minimum absolute atomic E-state index is 0.0345. The fourth-order valence-corrected chi connectivity index (χ4v) is 2.48. The van der Waals surface area contributed by atoms with Crippen LogP contribution in [0, 0.1) is 0 Å². The summed E-state index contributed by atoms with van der Waals surface area (Å²) in [5, 5.41) is 10.9. The summed E-state index contributed by atoms with van der Waals surface area (Å²) in [7, 11) is 0. The molecule has 4 nitrogen and oxygen atoms in total. The van der Waals surface area contributed by atoms with Gasteiger partial charge >= 0.3 is 5.97 Å². The van der Waals surface area contributed by atoms with Gasteiger partial charge < -0.3 is 5.11 Å². The lowest BCUT2D eigenvalue weighted by Gasteiger charge is -2.19.